The molecule has 1 heterocycles. The van der Waals surface area contributed by atoms with Crippen LogP contribution in [0.2, 0.25) is 0 Å². The van der Waals surface area contributed by atoms with Gasteiger partial charge in [0.25, 0.3) is 5.91 Å². The van der Waals surface area contributed by atoms with Gasteiger partial charge in [0.05, 0.1) is 11.1 Å². The van der Waals surface area contributed by atoms with E-state index in [2.05, 4.69) is 29.1 Å². The molecule has 1 aromatic rings. The third-order valence-corrected chi connectivity index (χ3v) is 3.51. The van der Waals surface area contributed by atoms with E-state index in [9.17, 15) is 4.79 Å². The minimum atomic E-state index is -0.227. The van der Waals surface area contributed by atoms with Crippen LogP contribution >= 0.6 is 0 Å². The Balaban J connectivity index is 2.07. The first-order valence-corrected chi connectivity index (χ1v) is 7.09. The number of aliphatic hydroxyl groups is 1. The topological polar surface area (TPSA) is 62.2 Å². The molecule has 0 radical (unpaired) electrons. The quantitative estimate of drug-likeness (QED) is 0.802. The van der Waals surface area contributed by atoms with Crippen LogP contribution in [0.15, 0.2) is 18.5 Å². The summed E-state index contributed by atoms with van der Waals surface area (Å²) >= 11 is 0. The number of carbonyl (C=O) groups excluding carboxylic acids is 1. The van der Waals surface area contributed by atoms with E-state index in [1.165, 1.54) is 12.8 Å². The van der Waals surface area contributed by atoms with Gasteiger partial charge in [0, 0.05) is 18.4 Å². The summed E-state index contributed by atoms with van der Waals surface area (Å²) < 4.78 is 0. The zero-order valence-electron chi connectivity index (χ0n) is 11.7. The standard InChI is InChI=1S/C16H20N2O2/c1-2-14(10-12-5-6-12)18-16(20)15-7-8-17-11-13(15)4-3-9-19/h7-8,11-12,14,19H,2,5-6,9-10H2,1H3,(H,18,20). The minimum Gasteiger partial charge on any atom is -0.384 e. The van der Waals surface area contributed by atoms with Crippen molar-refractivity contribution < 1.29 is 9.90 Å². The lowest BCUT2D eigenvalue weighted by Crippen LogP contribution is -2.35. The summed E-state index contributed by atoms with van der Waals surface area (Å²) in [6, 6.07) is 1.89. The van der Waals surface area contributed by atoms with Gasteiger partial charge >= 0.3 is 0 Å². The van der Waals surface area contributed by atoms with Crippen LogP contribution in [0.4, 0.5) is 0 Å². The number of rotatable bonds is 5. The SMILES string of the molecule is CCC(CC1CC1)NC(=O)c1ccncc1C#CCO. The summed E-state index contributed by atoms with van der Waals surface area (Å²) in [5, 5.41) is 11.8. The lowest BCUT2D eigenvalue weighted by atomic mass is 10.1. The number of aromatic nitrogens is 1. The average molecular weight is 272 g/mol. The van der Waals surface area contributed by atoms with Crippen molar-refractivity contribution in [2.45, 2.75) is 38.6 Å². The Morgan fingerprint density at radius 2 is 2.40 bits per heavy atom. The lowest BCUT2D eigenvalue weighted by molar-refractivity contribution is 0.0932. The first-order valence-electron chi connectivity index (χ1n) is 7.09. The third-order valence-electron chi connectivity index (χ3n) is 3.51. The fourth-order valence-corrected chi connectivity index (χ4v) is 2.17. The van der Waals surface area contributed by atoms with Gasteiger partial charge in [0.2, 0.25) is 0 Å². The van der Waals surface area contributed by atoms with Gasteiger partial charge in [-0.05, 0) is 24.8 Å². The van der Waals surface area contributed by atoms with Crippen molar-refractivity contribution in [3.63, 3.8) is 0 Å². The van der Waals surface area contributed by atoms with Crippen LogP contribution in [-0.2, 0) is 0 Å². The molecule has 1 saturated carbocycles. The van der Waals surface area contributed by atoms with Crippen molar-refractivity contribution in [1.29, 1.82) is 0 Å². The molecule has 0 spiro atoms. The van der Waals surface area contributed by atoms with E-state index in [0.717, 1.165) is 18.8 Å². The molecule has 106 valence electrons. The van der Waals surface area contributed by atoms with Gasteiger partial charge in [0.15, 0.2) is 0 Å². The number of aliphatic hydroxyl groups excluding tert-OH is 1. The Hall–Kier alpha value is -1.86. The molecule has 1 aromatic heterocycles. The predicted octanol–water partition coefficient (Wildman–Crippen LogP) is 1.73. The Labute approximate surface area is 119 Å². The molecule has 2 N–H and O–H groups in total. The normalized spacial score (nSPS) is 15.1. The van der Waals surface area contributed by atoms with Gasteiger partial charge in [-0.3, -0.25) is 9.78 Å². The van der Waals surface area contributed by atoms with Crippen LogP contribution in [0.3, 0.4) is 0 Å². The highest BCUT2D eigenvalue weighted by atomic mass is 16.2. The molecule has 2 rings (SSSR count). The van der Waals surface area contributed by atoms with Gasteiger partial charge in [-0.15, -0.1) is 0 Å². The Morgan fingerprint density at radius 3 is 3.05 bits per heavy atom. The smallest absolute Gasteiger partial charge is 0.252 e. The van der Waals surface area contributed by atoms with Crippen molar-refractivity contribution in [3.05, 3.63) is 29.6 Å². The molecule has 4 heteroatoms. The molecular formula is C16H20N2O2. The average Bonchev–Trinajstić information content (AvgIpc) is 3.28. The van der Waals surface area contributed by atoms with Gasteiger partial charge < -0.3 is 10.4 Å². The van der Waals surface area contributed by atoms with Crippen molar-refractivity contribution in [3.8, 4) is 11.8 Å². The Kier molecular flexibility index (Phi) is 5.14. The van der Waals surface area contributed by atoms with Crippen molar-refractivity contribution in [2.24, 2.45) is 5.92 Å². The maximum atomic E-state index is 12.3. The summed E-state index contributed by atoms with van der Waals surface area (Å²) in [6.45, 7) is 1.86. The van der Waals surface area contributed by atoms with Crippen molar-refractivity contribution in [2.75, 3.05) is 6.61 Å². The second kappa shape index (κ2) is 7.06. The summed E-state index contributed by atoms with van der Waals surface area (Å²) in [7, 11) is 0. The molecular weight excluding hydrogens is 252 g/mol. The highest BCUT2D eigenvalue weighted by molar-refractivity contribution is 5.96. The van der Waals surface area contributed by atoms with Gasteiger partial charge in [-0.1, -0.05) is 31.6 Å². The van der Waals surface area contributed by atoms with E-state index in [0.29, 0.717) is 11.1 Å². The monoisotopic (exact) mass is 272 g/mol. The predicted molar refractivity (Wildman–Crippen MR) is 77.1 cm³/mol. The first-order chi connectivity index (χ1) is 9.74. The van der Waals surface area contributed by atoms with E-state index in [4.69, 9.17) is 5.11 Å². The van der Waals surface area contributed by atoms with E-state index >= 15 is 0 Å². The third kappa shape index (κ3) is 4.07. The summed E-state index contributed by atoms with van der Waals surface area (Å²) in [6.07, 6.45) is 7.71. The Bertz CT molecular complexity index is 527. The fourth-order valence-electron chi connectivity index (χ4n) is 2.17. The van der Waals surface area contributed by atoms with Gasteiger partial charge in [-0.25, -0.2) is 0 Å². The van der Waals surface area contributed by atoms with E-state index in [1.807, 2.05) is 0 Å². The van der Waals surface area contributed by atoms with Crippen LogP contribution in [0.25, 0.3) is 0 Å². The van der Waals surface area contributed by atoms with E-state index in [-0.39, 0.29) is 18.6 Å². The molecule has 0 saturated heterocycles. The van der Waals surface area contributed by atoms with Crippen LogP contribution in [0.1, 0.15) is 48.5 Å². The fraction of sp³-hybridized carbons (Fsp3) is 0.500. The van der Waals surface area contributed by atoms with Gasteiger partial charge in [0.1, 0.15) is 6.61 Å². The number of carbonyl (C=O) groups is 1. The molecule has 1 fully saturated rings. The number of nitrogens with zero attached hydrogens (tertiary/aromatic N) is 1. The number of pyridine rings is 1. The number of nitrogens with one attached hydrogen (secondary N) is 1. The largest absolute Gasteiger partial charge is 0.384 e. The maximum Gasteiger partial charge on any atom is 0.252 e. The number of hydrogen-bond acceptors (Lipinski definition) is 3. The maximum absolute atomic E-state index is 12.3. The molecule has 0 aromatic carbocycles. The molecule has 1 aliphatic carbocycles. The number of hydrogen-bond donors (Lipinski definition) is 2. The molecule has 1 aliphatic rings. The van der Waals surface area contributed by atoms with E-state index < -0.39 is 0 Å². The zero-order chi connectivity index (χ0) is 14.4. The lowest BCUT2D eigenvalue weighted by Gasteiger charge is -2.17. The molecule has 4 nitrogen and oxygen atoms in total. The molecule has 1 amide bonds. The van der Waals surface area contributed by atoms with Crippen molar-refractivity contribution in [1.82, 2.24) is 10.3 Å². The minimum absolute atomic E-state index is 0.109. The molecule has 1 atom stereocenters. The molecule has 1 unspecified atom stereocenters. The Morgan fingerprint density at radius 1 is 1.60 bits per heavy atom. The van der Waals surface area contributed by atoms with Crippen molar-refractivity contribution >= 4 is 5.91 Å². The van der Waals surface area contributed by atoms with Crippen LogP contribution in [0, 0.1) is 17.8 Å². The van der Waals surface area contributed by atoms with Gasteiger partial charge in [-0.2, -0.15) is 0 Å². The number of amides is 1. The van der Waals surface area contributed by atoms with Crippen LogP contribution in [-0.4, -0.2) is 28.6 Å². The zero-order valence-corrected chi connectivity index (χ0v) is 11.7. The summed E-state index contributed by atoms with van der Waals surface area (Å²) in [5.41, 5.74) is 1.08. The second-order valence-corrected chi connectivity index (χ2v) is 5.14. The highest BCUT2D eigenvalue weighted by Gasteiger charge is 2.25. The molecule has 0 bridgehead atoms. The van der Waals surface area contributed by atoms with Crippen LogP contribution < -0.4 is 5.32 Å². The molecule has 20 heavy (non-hydrogen) atoms. The highest BCUT2D eigenvalue weighted by Crippen LogP contribution is 2.34. The van der Waals surface area contributed by atoms with E-state index in [1.54, 1.807) is 18.5 Å². The molecule has 0 aliphatic heterocycles. The summed E-state index contributed by atoms with van der Waals surface area (Å²) in [4.78, 5) is 16.3. The van der Waals surface area contributed by atoms with Crippen LogP contribution in [0.5, 0.6) is 0 Å². The second-order valence-electron chi connectivity index (χ2n) is 5.14. The summed E-state index contributed by atoms with van der Waals surface area (Å²) in [5.74, 6) is 5.99. The first kappa shape index (κ1) is 14.5.